The van der Waals surface area contributed by atoms with Gasteiger partial charge in [-0.2, -0.15) is 0 Å². The van der Waals surface area contributed by atoms with Crippen LogP contribution in [-0.4, -0.2) is 19.9 Å². The van der Waals surface area contributed by atoms with E-state index in [0.717, 1.165) is 22.2 Å². The first kappa shape index (κ1) is 12.8. The van der Waals surface area contributed by atoms with E-state index in [2.05, 4.69) is 19.9 Å². The monoisotopic (exact) mass is 261 g/mol. The predicted octanol–water partition coefficient (Wildman–Crippen LogP) is 2.07. The van der Waals surface area contributed by atoms with E-state index in [0.29, 0.717) is 17.4 Å². The van der Waals surface area contributed by atoms with Crippen molar-refractivity contribution in [3.05, 3.63) is 35.0 Å². The number of anilines is 1. The fraction of sp³-hybridized carbons (Fsp3) is 0.333. The van der Waals surface area contributed by atoms with Crippen LogP contribution in [0.3, 0.4) is 0 Å². The summed E-state index contributed by atoms with van der Waals surface area (Å²) in [6.07, 6.45) is 0. The Labute approximate surface area is 110 Å². The molecule has 0 atom stereocenters. The van der Waals surface area contributed by atoms with Crippen molar-refractivity contribution < 1.29 is 0 Å². The van der Waals surface area contributed by atoms with E-state index in [-0.39, 0.29) is 0 Å². The number of aromatic nitrogens is 4. The van der Waals surface area contributed by atoms with Crippen LogP contribution in [0, 0.1) is 20.8 Å². The van der Waals surface area contributed by atoms with Gasteiger partial charge in [0.1, 0.15) is 11.6 Å². The smallest absolute Gasteiger partial charge is 0.188 e. The van der Waals surface area contributed by atoms with E-state index in [9.17, 15) is 0 Å². The lowest BCUT2D eigenvalue weighted by Crippen LogP contribution is -2.00. The zero-order valence-corrected chi connectivity index (χ0v) is 11.5. The lowest BCUT2D eigenvalue weighted by Gasteiger charge is -2.04. The Balaban J connectivity index is 2.11. The van der Waals surface area contributed by atoms with Gasteiger partial charge in [0, 0.05) is 23.1 Å². The van der Waals surface area contributed by atoms with Crippen LogP contribution in [0.2, 0.25) is 0 Å². The van der Waals surface area contributed by atoms with Crippen LogP contribution in [0.1, 0.15) is 22.9 Å². The first-order valence-electron chi connectivity index (χ1n) is 5.58. The average molecular weight is 261 g/mol. The number of rotatable bonds is 3. The van der Waals surface area contributed by atoms with Crippen molar-refractivity contribution in [1.82, 2.24) is 19.9 Å². The largest absolute Gasteiger partial charge is 0.384 e. The number of nitrogen functional groups attached to an aromatic ring is 1. The number of hydrogen-bond acceptors (Lipinski definition) is 6. The molecule has 0 saturated heterocycles. The molecule has 2 aromatic heterocycles. The van der Waals surface area contributed by atoms with Gasteiger partial charge in [-0.1, -0.05) is 11.8 Å². The summed E-state index contributed by atoms with van der Waals surface area (Å²) in [5.41, 5.74) is 8.49. The lowest BCUT2D eigenvalue weighted by molar-refractivity contribution is 0.898. The molecule has 2 aromatic rings. The molecule has 0 amide bonds. The fourth-order valence-electron chi connectivity index (χ4n) is 1.61. The second kappa shape index (κ2) is 5.30. The van der Waals surface area contributed by atoms with Crippen LogP contribution < -0.4 is 5.73 Å². The highest BCUT2D eigenvalue weighted by atomic mass is 32.2. The summed E-state index contributed by atoms with van der Waals surface area (Å²) in [6.45, 7) is 5.82. The summed E-state index contributed by atoms with van der Waals surface area (Å²) in [5.74, 6) is 1.83. The number of nitrogens with zero attached hydrogens (tertiary/aromatic N) is 4. The fourth-order valence-corrected chi connectivity index (χ4v) is 2.41. The van der Waals surface area contributed by atoms with Gasteiger partial charge in [-0.05, 0) is 26.8 Å². The zero-order valence-electron chi connectivity index (χ0n) is 10.6. The number of nitrogens with two attached hydrogens (primary N) is 1. The van der Waals surface area contributed by atoms with Gasteiger partial charge < -0.3 is 5.73 Å². The zero-order chi connectivity index (χ0) is 13.1. The van der Waals surface area contributed by atoms with Crippen molar-refractivity contribution in [2.24, 2.45) is 0 Å². The van der Waals surface area contributed by atoms with Gasteiger partial charge in [0.25, 0.3) is 0 Å². The molecule has 0 saturated carbocycles. The van der Waals surface area contributed by atoms with Crippen LogP contribution >= 0.6 is 11.8 Å². The third-order valence-electron chi connectivity index (χ3n) is 2.21. The van der Waals surface area contributed by atoms with Crippen molar-refractivity contribution in [2.75, 3.05) is 5.73 Å². The molecule has 0 aliphatic heterocycles. The second-order valence-corrected chi connectivity index (χ2v) is 5.01. The summed E-state index contributed by atoms with van der Waals surface area (Å²) in [4.78, 5) is 17.2. The first-order chi connectivity index (χ1) is 8.52. The summed E-state index contributed by atoms with van der Waals surface area (Å²) >= 11 is 1.52. The molecule has 0 fully saturated rings. The SMILES string of the molecule is Cc1cc(N)nc(CSc2nc(C)cc(C)n2)n1. The number of thioether (sulfide) groups is 1. The molecule has 5 nitrogen and oxygen atoms in total. The summed E-state index contributed by atoms with van der Waals surface area (Å²) in [7, 11) is 0. The van der Waals surface area contributed by atoms with Crippen LogP contribution in [-0.2, 0) is 5.75 Å². The van der Waals surface area contributed by atoms with Gasteiger partial charge in [0.2, 0.25) is 0 Å². The molecule has 6 heteroatoms. The number of aryl methyl sites for hydroxylation is 3. The lowest BCUT2D eigenvalue weighted by atomic mass is 10.4. The van der Waals surface area contributed by atoms with Crippen LogP contribution in [0.25, 0.3) is 0 Å². The Kier molecular flexibility index (Phi) is 3.76. The summed E-state index contributed by atoms with van der Waals surface area (Å²) < 4.78 is 0. The van der Waals surface area contributed by atoms with Crippen molar-refractivity contribution in [2.45, 2.75) is 31.7 Å². The summed E-state index contributed by atoms with van der Waals surface area (Å²) in [6, 6.07) is 3.70. The first-order valence-corrected chi connectivity index (χ1v) is 6.56. The minimum atomic E-state index is 0.499. The molecule has 2 rings (SSSR count). The van der Waals surface area contributed by atoms with E-state index < -0.39 is 0 Å². The average Bonchev–Trinajstić information content (AvgIpc) is 2.23. The maximum atomic E-state index is 5.69. The third kappa shape index (κ3) is 3.40. The Morgan fingerprint density at radius 1 is 0.944 bits per heavy atom. The topological polar surface area (TPSA) is 77.6 Å². The highest BCUT2D eigenvalue weighted by Gasteiger charge is 2.04. The van der Waals surface area contributed by atoms with Gasteiger partial charge in [-0.25, -0.2) is 19.9 Å². The molecule has 2 heterocycles. The van der Waals surface area contributed by atoms with Crippen molar-refractivity contribution in [1.29, 1.82) is 0 Å². The van der Waals surface area contributed by atoms with Gasteiger partial charge in [-0.15, -0.1) is 0 Å². The van der Waals surface area contributed by atoms with E-state index in [1.807, 2.05) is 26.8 Å². The third-order valence-corrected chi connectivity index (χ3v) is 3.06. The Morgan fingerprint density at radius 2 is 1.56 bits per heavy atom. The van der Waals surface area contributed by atoms with Gasteiger partial charge >= 0.3 is 0 Å². The normalized spacial score (nSPS) is 10.6. The molecule has 0 aromatic carbocycles. The molecule has 0 bridgehead atoms. The molecule has 0 radical (unpaired) electrons. The predicted molar refractivity (Wildman–Crippen MR) is 72.2 cm³/mol. The quantitative estimate of drug-likeness (QED) is 0.673. The van der Waals surface area contributed by atoms with E-state index in [1.165, 1.54) is 11.8 Å². The molecule has 18 heavy (non-hydrogen) atoms. The van der Waals surface area contributed by atoms with E-state index in [4.69, 9.17) is 5.73 Å². The van der Waals surface area contributed by atoms with Gasteiger partial charge in [0.15, 0.2) is 5.16 Å². The molecule has 0 aliphatic rings. The highest BCUT2D eigenvalue weighted by molar-refractivity contribution is 7.98. The van der Waals surface area contributed by atoms with Crippen molar-refractivity contribution in [3.8, 4) is 0 Å². The Bertz CT molecular complexity index is 478. The van der Waals surface area contributed by atoms with Crippen molar-refractivity contribution >= 4 is 17.6 Å². The molecular weight excluding hydrogens is 246 g/mol. The molecular formula is C12H15N5S. The van der Waals surface area contributed by atoms with E-state index in [1.54, 1.807) is 6.07 Å². The molecule has 0 spiro atoms. The van der Waals surface area contributed by atoms with Gasteiger partial charge in [-0.3, -0.25) is 0 Å². The maximum absolute atomic E-state index is 5.69. The standard InChI is InChI=1S/C12H15N5S/c1-7-4-8(2)16-12(15-7)18-6-11-14-9(3)5-10(13)17-11/h4-5H,6H2,1-3H3,(H2,13,14,17). The highest BCUT2D eigenvalue weighted by Crippen LogP contribution is 2.18. The second-order valence-electron chi connectivity index (χ2n) is 4.07. The molecule has 94 valence electrons. The molecule has 0 aliphatic carbocycles. The minimum Gasteiger partial charge on any atom is -0.384 e. The number of hydrogen-bond donors (Lipinski definition) is 1. The molecule has 0 unspecified atom stereocenters. The maximum Gasteiger partial charge on any atom is 0.188 e. The Hall–Kier alpha value is -1.69. The van der Waals surface area contributed by atoms with Crippen LogP contribution in [0.15, 0.2) is 17.3 Å². The summed E-state index contributed by atoms with van der Waals surface area (Å²) in [5, 5.41) is 0.746. The minimum absolute atomic E-state index is 0.499. The van der Waals surface area contributed by atoms with E-state index >= 15 is 0 Å². The van der Waals surface area contributed by atoms with Crippen molar-refractivity contribution in [3.63, 3.8) is 0 Å². The van der Waals surface area contributed by atoms with Gasteiger partial charge in [0.05, 0.1) is 5.75 Å². The van der Waals surface area contributed by atoms with Crippen LogP contribution in [0.4, 0.5) is 5.82 Å². The molecule has 2 N–H and O–H groups in total. The van der Waals surface area contributed by atoms with Crippen LogP contribution in [0.5, 0.6) is 0 Å². The Morgan fingerprint density at radius 3 is 2.17 bits per heavy atom.